The lowest BCUT2D eigenvalue weighted by molar-refractivity contribution is 0.565. The fourth-order valence-corrected chi connectivity index (χ4v) is 2.15. The zero-order valence-electron chi connectivity index (χ0n) is 11.3. The topological polar surface area (TPSA) is 61.7 Å². The number of hydrogen-bond acceptors (Lipinski definition) is 3. The van der Waals surface area contributed by atoms with Crippen LogP contribution in [0.1, 0.15) is 36.8 Å². The standard InChI is InChI=1S/C13H21N5/c1-4-11-7-13(18(5-2)16-11)12(14)6-10-8-15-17(3)9-10/h7-9,12H,4-6,14H2,1-3H3. The van der Waals surface area contributed by atoms with Crippen molar-refractivity contribution in [1.29, 1.82) is 0 Å². The Labute approximate surface area is 108 Å². The maximum atomic E-state index is 6.28. The van der Waals surface area contributed by atoms with Crippen molar-refractivity contribution >= 4 is 0 Å². The number of aromatic nitrogens is 4. The van der Waals surface area contributed by atoms with E-state index in [1.807, 2.05) is 24.1 Å². The minimum absolute atomic E-state index is 0.0260. The third-order valence-corrected chi connectivity index (χ3v) is 3.12. The SMILES string of the molecule is CCc1cc(C(N)Cc2cnn(C)c2)n(CC)n1. The molecule has 5 heteroatoms. The highest BCUT2D eigenvalue weighted by molar-refractivity contribution is 5.17. The maximum absolute atomic E-state index is 6.28. The van der Waals surface area contributed by atoms with Crippen LogP contribution in [0.3, 0.4) is 0 Å². The van der Waals surface area contributed by atoms with Crippen LogP contribution in [0, 0.1) is 0 Å². The summed E-state index contributed by atoms with van der Waals surface area (Å²) in [7, 11) is 1.92. The van der Waals surface area contributed by atoms with E-state index in [2.05, 4.69) is 30.1 Å². The average Bonchev–Trinajstić information content (AvgIpc) is 2.95. The van der Waals surface area contributed by atoms with E-state index in [0.29, 0.717) is 0 Å². The fraction of sp³-hybridized carbons (Fsp3) is 0.538. The second-order valence-corrected chi connectivity index (χ2v) is 4.56. The van der Waals surface area contributed by atoms with Gasteiger partial charge in [0.1, 0.15) is 0 Å². The van der Waals surface area contributed by atoms with Gasteiger partial charge >= 0.3 is 0 Å². The average molecular weight is 247 g/mol. The molecule has 0 radical (unpaired) electrons. The van der Waals surface area contributed by atoms with Gasteiger partial charge < -0.3 is 5.73 Å². The number of nitrogens with zero attached hydrogens (tertiary/aromatic N) is 4. The summed E-state index contributed by atoms with van der Waals surface area (Å²) in [6.07, 6.45) is 5.61. The van der Waals surface area contributed by atoms with E-state index in [-0.39, 0.29) is 6.04 Å². The van der Waals surface area contributed by atoms with Crippen molar-refractivity contribution in [1.82, 2.24) is 19.6 Å². The van der Waals surface area contributed by atoms with E-state index < -0.39 is 0 Å². The van der Waals surface area contributed by atoms with E-state index in [4.69, 9.17) is 5.73 Å². The first-order valence-corrected chi connectivity index (χ1v) is 6.43. The molecule has 0 bridgehead atoms. The van der Waals surface area contributed by atoms with Crippen LogP contribution in [0.2, 0.25) is 0 Å². The molecular weight excluding hydrogens is 226 g/mol. The molecule has 2 aromatic heterocycles. The second-order valence-electron chi connectivity index (χ2n) is 4.56. The fourth-order valence-electron chi connectivity index (χ4n) is 2.15. The lowest BCUT2D eigenvalue weighted by atomic mass is 10.1. The molecule has 0 amide bonds. The van der Waals surface area contributed by atoms with Gasteiger partial charge in [-0.25, -0.2) is 0 Å². The molecule has 98 valence electrons. The zero-order chi connectivity index (χ0) is 13.1. The molecule has 2 rings (SSSR count). The van der Waals surface area contributed by atoms with Crippen LogP contribution in [0.15, 0.2) is 18.5 Å². The van der Waals surface area contributed by atoms with Gasteiger partial charge in [-0.15, -0.1) is 0 Å². The van der Waals surface area contributed by atoms with E-state index >= 15 is 0 Å². The van der Waals surface area contributed by atoms with Gasteiger partial charge in [0.25, 0.3) is 0 Å². The van der Waals surface area contributed by atoms with Gasteiger partial charge in [0.2, 0.25) is 0 Å². The van der Waals surface area contributed by atoms with Crippen molar-refractivity contribution in [3.8, 4) is 0 Å². The lowest BCUT2D eigenvalue weighted by Gasteiger charge is -2.12. The Hall–Kier alpha value is -1.62. The normalized spacial score (nSPS) is 12.9. The summed E-state index contributed by atoms with van der Waals surface area (Å²) >= 11 is 0. The van der Waals surface area contributed by atoms with E-state index in [1.165, 1.54) is 0 Å². The van der Waals surface area contributed by atoms with Crippen molar-refractivity contribution < 1.29 is 0 Å². The minimum atomic E-state index is -0.0260. The Morgan fingerprint density at radius 2 is 2.17 bits per heavy atom. The molecule has 0 saturated heterocycles. The van der Waals surface area contributed by atoms with Gasteiger partial charge in [0, 0.05) is 19.8 Å². The van der Waals surface area contributed by atoms with Crippen LogP contribution in [0.5, 0.6) is 0 Å². The number of aryl methyl sites for hydroxylation is 3. The Bertz CT molecular complexity index is 511. The molecule has 0 aliphatic rings. The molecule has 2 heterocycles. The second kappa shape index (κ2) is 5.35. The Morgan fingerprint density at radius 3 is 2.72 bits per heavy atom. The maximum Gasteiger partial charge on any atom is 0.0625 e. The van der Waals surface area contributed by atoms with E-state index in [9.17, 15) is 0 Å². The van der Waals surface area contributed by atoms with E-state index in [0.717, 1.165) is 36.3 Å². The van der Waals surface area contributed by atoms with Crippen molar-refractivity contribution in [2.45, 2.75) is 39.3 Å². The van der Waals surface area contributed by atoms with Crippen LogP contribution in [0.25, 0.3) is 0 Å². The summed E-state index contributed by atoms with van der Waals surface area (Å²) in [4.78, 5) is 0. The molecule has 0 saturated carbocycles. The summed E-state index contributed by atoms with van der Waals surface area (Å²) in [5, 5.41) is 8.70. The third kappa shape index (κ3) is 2.61. The summed E-state index contributed by atoms with van der Waals surface area (Å²) < 4.78 is 3.80. The lowest BCUT2D eigenvalue weighted by Crippen LogP contribution is -2.18. The van der Waals surface area contributed by atoms with Crippen molar-refractivity contribution in [3.05, 3.63) is 35.4 Å². The summed E-state index contributed by atoms with van der Waals surface area (Å²) in [5.41, 5.74) is 9.66. The molecule has 2 N–H and O–H groups in total. The molecule has 18 heavy (non-hydrogen) atoms. The van der Waals surface area contributed by atoms with E-state index in [1.54, 1.807) is 4.68 Å². The molecule has 5 nitrogen and oxygen atoms in total. The Balaban J connectivity index is 2.17. The van der Waals surface area contributed by atoms with Crippen LogP contribution >= 0.6 is 0 Å². The predicted octanol–water partition coefficient (Wildman–Crippen LogP) is 1.44. The largest absolute Gasteiger partial charge is 0.322 e. The molecule has 0 aliphatic carbocycles. The van der Waals surface area contributed by atoms with Crippen molar-refractivity contribution in [2.24, 2.45) is 12.8 Å². The monoisotopic (exact) mass is 247 g/mol. The van der Waals surface area contributed by atoms with Gasteiger partial charge in [-0.2, -0.15) is 10.2 Å². The third-order valence-electron chi connectivity index (χ3n) is 3.12. The highest BCUT2D eigenvalue weighted by Crippen LogP contribution is 2.17. The van der Waals surface area contributed by atoms with Crippen LogP contribution in [0.4, 0.5) is 0 Å². The summed E-state index contributed by atoms with van der Waals surface area (Å²) in [5.74, 6) is 0. The van der Waals surface area contributed by atoms with Gasteiger partial charge in [-0.05, 0) is 31.4 Å². The molecule has 0 aromatic carbocycles. The first-order chi connectivity index (χ1) is 8.63. The van der Waals surface area contributed by atoms with Crippen molar-refractivity contribution in [3.63, 3.8) is 0 Å². The molecule has 0 spiro atoms. The van der Waals surface area contributed by atoms with Crippen LogP contribution < -0.4 is 5.73 Å². The zero-order valence-corrected chi connectivity index (χ0v) is 11.3. The highest BCUT2D eigenvalue weighted by Gasteiger charge is 2.14. The first-order valence-electron chi connectivity index (χ1n) is 6.43. The molecule has 0 fully saturated rings. The molecule has 1 atom stereocenters. The van der Waals surface area contributed by atoms with Gasteiger partial charge in [0.05, 0.1) is 23.6 Å². The van der Waals surface area contributed by atoms with Gasteiger partial charge in [0.15, 0.2) is 0 Å². The Morgan fingerprint density at radius 1 is 1.39 bits per heavy atom. The molecular formula is C13H21N5. The smallest absolute Gasteiger partial charge is 0.0625 e. The highest BCUT2D eigenvalue weighted by atomic mass is 15.3. The van der Waals surface area contributed by atoms with Crippen LogP contribution in [-0.2, 0) is 26.4 Å². The van der Waals surface area contributed by atoms with Gasteiger partial charge in [-0.3, -0.25) is 9.36 Å². The molecule has 1 unspecified atom stereocenters. The summed E-state index contributed by atoms with van der Waals surface area (Å²) in [6, 6.07) is 2.09. The quantitative estimate of drug-likeness (QED) is 0.869. The number of rotatable bonds is 5. The minimum Gasteiger partial charge on any atom is -0.322 e. The summed E-state index contributed by atoms with van der Waals surface area (Å²) in [6.45, 7) is 5.06. The predicted molar refractivity (Wildman–Crippen MR) is 71.1 cm³/mol. The number of hydrogen-bond donors (Lipinski definition) is 1. The van der Waals surface area contributed by atoms with Crippen LogP contribution in [-0.4, -0.2) is 19.6 Å². The molecule has 2 aromatic rings. The first kappa shape index (κ1) is 12.8. The molecule has 0 aliphatic heterocycles. The Kier molecular flexibility index (Phi) is 3.81. The van der Waals surface area contributed by atoms with Gasteiger partial charge in [-0.1, -0.05) is 6.92 Å². The number of nitrogens with two attached hydrogens (primary N) is 1. The van der Waals surface area contributed by atoms with Crippen molar-refractivity contribution in [2.75, 3.05) is 0 Å².